The first kappa shape index (κ1) is 31.9. The highest BCUT2D eigenvalue weighted by Gasteiger charge is 2.12. The Morgan fingerprint density at radius 1 is 0.545 bits per heavy atom. The number of unbranched alkanes of at least 4 members (excludes halogenated alkanes) is 17. The molecule has 0 bridgehead atoms. The molecular formula is C29H56O4. The van der Waals surface area contributed by atoms with Crippen molar-refractivity contribution in [3.8, 4) is 0 Å². The van der Waals surface area contributed by atoms with Crippen LogP contribution in [0.4, 0.5) is 0 Å². The third kappa shape index (κ3) is 25.4. The van der Waals surface area contributed by atoms with Gasteiger partial charge in [-0.1, -0.05) is 123 Å². The number of carbonyl (C=O) groups excluding carboxylic acids is 2. The molecular weight excluding hydrogens is 412 g/mol. The van der Waals surface area contributed by atoms with Crippen LogP contribution in [0.15, 0.2) is 0 Å². The Morgan fingerprint density at radius 3 is 1.42 bits per heavy atom. The minimum Gasteiger partial charge on any atom is -0.466 e. The lowest BCUT2D eigenvalue weighted by atomic mass is 10.0. The second-order valence-corrected chi connectivity index (χ2v) is 9.82. The fraction of sp³-hybridized carbons (Fsp3) is 0.931. The zero-order valence-corrected chi connectivity index (χ0v) is 22.5. The van der Waals surface area contributed by atoms with E-state index in [1.165, 1.54) is 89.9 Å². The van der Waals surface area contributed by atoms with Crippen molar-refractivity contribution in [2.75, 3.05) is 6.61 Å². The number of hydrogen-bond donors (Lipinski definition) is 0. The summed E-state index contributed by atoms with van der Waals surface area (Å²) in [4.78, 5) is 23.6. The Labute approximate surface area is 206 Å². The normalized spacial score (nSPS) is 12.0. The van der Waals surface area contributed by atoms with E-state index in [9.17, 15) is 9.59 Å². The van der Waals surface area contributed by atoms with Gasteiger partial charge in [-0.15, -0.1) is 0 Å². The molecule has 0 aromatic heterocycles. The SMILES string of the molecule is CCCCCCCCCCCCCCCCCCOC(=O)CCC(=O)OC(C)CCCCC. The molecule has 4 heteroatoms. The Hall–Kier alpha value is -1.06. The molecule has 33 heavy (non-hydrogen) atoms. The predicted octanol–water partition coefficient (Wildman–Crippen LogP) is 9.08. The predicted molar refractivity (Wildman–Crippen MR) is 139 cm³/mol. The molecule has 0 amide bonds. The zero-order chi connectivity index (χ0) is 24.4. The van der Waals surface area contributed by atoms with Gasteiger partial charge >= 0.3 is 11.9 Å². The summed E-state index contributed by atoms with van der Waals surface area (Å²) in [5.41, 5.74) is 0. The fourth-order valence-electron chi connectivity index (χ4n) is 4.14. The molecule has 1 atom stereocenters. The molecule has 0 saturated carbocycles. The molecule has 0 rings (SSSR count). The van der Waals surface area contributed by atoms with E-state index in [1.807, 2.05) is 6.92 Å². The van der Waals surface area contributed by atoms with Crippen LogP contribution >= 0.6 is 0 Å². The summed E-state index contributed by atoms with van der Waals surface area (Å²) >= 11 is 0. The molecule has 0 aliphatic heterocycles. The van der Waals surface area contributed by atoms with Gasteiger partial charge in [-0.3, -0.25) is 9.59 Å². The molecule has 0 spiro atoms. The molecule has 0 fully saturated rings. The van der Waals surface area contributed by atoms with Crippen LogP contribution in [0.1, 0.15) is 162 Å². The van der Waals surface area contributed by atoms with Crippen LogP contribution in [-0.4, -0.2) is 24.6 Å². The Morgan fingerprint density at radius 2 is 0.939 bits per heavy atom. The Kier molecular flexibility index (Phi) is 24.7. The molecule has 0 aliphatic rings. The van der Waals surface area contributed by atoms with Gasteiger partial charge in [0.2, 0.25) is 0 Å². The van der Waals surface area contributed by atoms with Gasteiger partial charge in [-0.05, 0) is 26.2 Å². The highest BCUT2D eigenvalue weighted by Crippen LogP contribution is 2.14. The molecule has 0 aromatic rings. The summed E-state index contributed by atoms with van der Waals surface area (Å²) < 4.78 is 10.6. The van der Waals surface area contributed by atoms with Crippen LogP contribution in [0.25, 0.3) is 0 Å². The third-order valence-electron chi connectivity index (χ3n) is 6.34. The summed E-state index contributed by atoms with van der Waals surface area (Å²) in [5, 5.41) is 0. The molecule has 0 aliphatic carbocycles. The van der Waals surface area contributed by atoms with Gasteiger partial charge in [0.1, 0.15) is 0 Å². The van der Waals surface area contributed by atoms with Gasteiger partial charge in [-0.25, -0.2) is 0 Å². The lowest BCUT2D eigenvalue weighted by Crippen LogP contribution is -2.16. The van der Waals surface area contributed by atoms with Crippen molar-refractivity contribution in [1.82, 2.24) is 0 Å². The van der Waals surface area contributed by atoms with Crippen molar-refractivity contribution < 1.29 is 19.1 Å². The first-order chi connectivity index (χ1) is 16.1. The number of rotatable bonds is 25. The van der Waals surface area contributed by atoms with Gasteiger partial charge in [0.05, 0.1) is 25.6 Å². The standard InChI is InChI=1S/C29H56O4/c1-4-6-8-9-10-11-12-13-14-15-16-17-18-19-20-22-26-32-28(30)24-25-29(31)33-27(3)23-21-7-5-2/h27H,4-26H2,1-3H3. The Balaban J connectivity index is 3.31. The fourth-order valence-corrected chi connectivity index (χ4v) is 4.14. The third-order valence-corrected chi connectivity index (χ3v) is 6.34. The number of hydrogen-bond acceptors (Lipinski definition) is 4. The molecule has 0 N–H and O–H groups in total. The topological polar surface area (TPSA) is 52.6 Å². The molecule has 1 unspecified atom stereocenters. The summed E-state index contributed by atoms with van der Waals surface area (Å²) in [5.74, 6) is -0.579. The van der Waals surface area contributed by atoms with E-state index in [0.29, 0.717) is 6.61 Å². The van der Waals surface area contributed by atoms with Crippen LogP contribution in [0.3, 0.4) is 0 Å². The highest BCUT2D eigenvalue weighted by atomic mass is 16.5. The zero-order valence-electron chi connectivity index (χ0n) is 22.5. The number of ether oxygens (including phenoxy) is 2. The first-order valence-corrected chi connectivity index (χ1v) is 14.4. The summed E-state index contributed by atoms with van der Waals surface area (Å²) in [6.07, 6.45) is 25.8. The highest BCUT2D eigenvalue weighted by molar-refractivity contribution is 5.77. The van der Waals surface area contributed by atoms with E-state index < -0.39 is 0 Å². The van der Waals surface area contributed by atoms with Crippen molar-refractivity contribution in [2.45, 2.75) is 168 Å². The van der Waals surface area contributed by atoms with Gasteiger partial charge in [0, 0.05) is 0 Å². The molecule has 0 saturated heterocycles. The smallest absolute Gasteiger partial charge is 0.306 e. The second kappa shape index (κ2) is 25.6. The van der Waals surface area contributed by atoms with E-state index in [2.05, 4.69) is 13.8 Å². The van der Waals surface area contributed by atoms with Crippen LogP contribution in [0.2, 0.25) is 0 Å². The monoisotopic (exact) mass is 468 g/mol. The Bertz CT molecular complexity index is 435. The summed E-state index contributed by atoms with van der Waals surface area (Å²) in [6, 6.07) is 0. The van der Waals surface area contributed by atoms with Crippen LogP contribution in [0.5, 0.6) is 0 Å². The largest absolute Gasteiger partial charge is 0.466 e. The van der Waals surface area contributed by atoms with Crippen LogP contribution in [-0.2, 0) is 19.1 Å². The molecule has 0 aromatic carbocycles. The van der Waals surface area contributed by atoms with Crippen molar-refractivity contribution in [3.63, 3.8) is 0 Å². The van der Waals surface area contributed by atoms with Gasteiger partial charge in [0.15, 0.2) is 0 Å². The number of carbonyl (C=O) groups is 2. The van der Waals surface area contributed by atoms with Crippen molar-refractivity contribution in [2.24, 2.45) is 0 Å². The quantitative estimate of drug-likeness (QED) is 0.0990. The molecule has 4 nitrogen and oxygen atoms in total. The minimum absolute atomic E-state index is 0.0647. The van der Waals surface area contributed by atoms with Gasteiger partial charge in [0.25, 0.3) is 0 Å². The summed E-state index contributed by atoms with van der Waals surface area (Å²) in [6.45, 7) is 6.82. The van der Waals surface area contributed by atoms with E-state index >= 15 is 0 Å². The van der Waals surface area contributed by atoms with Crippen molar-refractivity contribution in [3.05, 3.63) is 0 Å². The molecule has 0 heterocycles. The van der Waals surface area contributed by atoms with Crippen LogP contribution < -0.4 is 0 Å². The lowest BCUT2D eigenvalue weighted by molar-refractivity contribution is -0.153. The lowest BCUT2D eigenvalue weighted by Gasteiger charge is -2.12. The first-order valence-electron chi connectivity index (χ1n) is 14.4. The van der Waals surface area contributed by atoms with E-state index in [0.717, 1.165) is 38.5 Å². The van der Waals surface area contributed by atoms with Gasteiger partial charge < -0.3 is 9.47 Å². The number of esters is 2. The van der Waals surface area contributed by atoms with Crippen molar-refractivity contribution in [1.29, 1.82) is 0 Å². The van der Waals surface area contributed by atoms with E-state index in [4.69, 9.17) is 9.47 Å². The molecule has 196 valence electrons. The molecule has 0 radical (unpaired) electrons. The average molecular weight is 469 g/mol. The van der Waals surface area contributed by atoms with Crippen LogP contribution in [0, 0.1) is 0 Å². The van der Waals surface area contributed by atoms with E-state index in [1.54, 1.807) is 0 Å². The second-order valence-electron chi connectivity index (χ2n) is 9.82. The maximum absolute atomic E-state index is 11.8. The maximum atomic E-state index is 11.8. The van der Waals surface area contributed by atoms with Gasteiger partial charge in [-0.2, -0.15) is 0 Å². The average Bonchev–Trinajstić information content (AvgIpc) is 2.80. The minimum atomic E-state index is -0.293. The summed E-state index contributed by atoms with van der Waals surface area (Å²) in [7, 11) is 0. The van der Waals surface area contributed by atoms with E-state index in [-0.39, 0.29) is 30.9 Å². The van der Waals surface area contributed by atoms with Crippen molar-refractivity contribution >= 4 is 11.9 Å². The maximum Gasteiger partial charge on any atom is 0.306 e.